The first kappa shape index (κ1) is 17.1. The fourth-order valence-electron chi connectivity index (χ4n) is 2.10. The van der Waals surface area contributed by atoms with Crippen molar-refractivity contribution in [3.05, 3.63) is 73.7 Å². The molecule has 0 unspecified atom stereocenters. The molecule has 23 heavy (non-hydrogen) atoms. The average Bonchev–Trinajstić information content (AvgIpc) is 2.54. The lowest BCUT2D eigenvalue weighted by atomic mass is 10.1. The monoisotopic (exact) mass is 378 g/mol. The first-order chi connectivity index (χ1) is 11.0. The molecule has 6 nitrogen and oxygen atoms in total. The summed E-state index contributed by atoms with van der Waals surface area (Å²) in [5.74, 6) is -0.368. The van der Waals surface area contributed by atoms with E-state index in [0.29, 0.717) is 17.6 Å². The molecular weight excluding hydrogens is 364 g/mol. The standard InChI is InChI=1S/C16H15BrN2O4/c1-23-10-13-5-3-2-4-12(13)9-18-16(20)11-6-7-14(17)15(8-11)19(21)22/h2-8H,9-10H2,1H3,(H,18,20). The van der Waals surface area contributed by atoms with E-state index in [0.717, 1.165) is 11.1 Å². The Morgan fingerprint density at radius 2 is 1.96 bits per heavy atom. The number of methoxy groups -OCH3 is 1. The van der Waals surface area contributed by atoms with Crippen LogP contribution in [-0.4, -0.2) is 17.9 Å². The van der Waals surface area contributed by atoms with Crippen LogP contribution in [0.1, 0.15) is 21.5 Å². The van der Waals surface area contributed by atoms with Gasteiger partial charge in [-0.3, -0.25) is 14.9 Å². The highest BCUT2D eigenvalue weighted by Gasteiger charge is 2.16. The maximum absolute atomic E-state index is 12.2. The van der Waals surface area contributed by atoms with E-state index in [-0.39, 0.29) is 17.2 Å². The molecule has 0 aromatic heterocycles. The van der Waals surface area contributed by atoms with Gasteiger partial charge < -0.3 is 10.1 Å². The molecule has 0 saturated carbocycles. The number of nitro groups is 1. The summed E-state index contributed by atoms with van der Waals surface area (Å²) < 4.78 is 5.46. The third kappa shape index (κ3) is 4.37. The van der Waals surface area contributed by atoms with Gasteiger partial charge in [-0.15, -0.1) is 0 Å². The highest BCUT2D eigenvalue weighted by atomic mass is 79.9. The van der Waals surface area contributed by atoms with Crippen LogP contribution in [-0.2, 0) is 17.9 Å². The van der Waals surface area contributed by atoms with Crippen LogP contribution in [0.25, 0.3) is 0 Å². The normalized spacial score (nSPS) is 10.3. The molecule has 0 fully saturated rings. The highest BCUT2D eigenvalue weighted by molar-refractivity contribution is 9.10. The van der Waals surface area contributed by atoms with Crippen molar-refractivity contribution in [2.24, 2.45) is 0 Å². The van der Waals surface area contributed by atoms with E-state index in [2.05, 4.69) is 21.2 Å². The van der Waals surface area contributed by atoms with E-state index in [1.807, 2.05) is 24.3 Å². The van der Waals surface area contributed by atoms with Crippen LogP contribution >= 0.6 is 15.9 Å². The van der Waals surface area contributed by atoms with Crippen molar-refractivity contribution < 1.29 is 14.5 Å². The maximum Gasteiger partial charge on any atom is 0.284 e. The summed E-state index contributed by atoms with van der Waals surface area (Å²) in [6, 6.07) is 11.9. The largest absolute Gasteiger partial charge is 0.380 e. The molecule has 0 spiro atoms. The van der Waals surface area contributed by atoms with Gasteiger partial charge in [0, 0.05) is 25.3 Å². The van der Waals surface area contributed by atoms with E-state index in [4.69, 9.17) is 4.74 Å². The zero-order valence-corrected chi connectivity index (χ0v) is 14.0. The summed E-state index contributed by atoms with van der Waals surface area (Å²) in [4.78, 5) is 22.6. The van der Waals surface area contributed by atoms with E-state index in [1.54, 1.807) is 7.11 Å². The number of rotatable bonds is 6. The fraction of sp³-hybridized carbons (Fsp3) is 0.188. The number of halogens is 1. The third-order valence-electron chi connectivity index (χ3n) is 3.26. The highest BCUT2D eigenvalue weighted by Crippen LogP contribution is 2.25. The second-order valence-electron chi connectivity index (χ2n) is 4.81. The smallest absolute Gasteiger partial charge is 0.284 e. The van der Waals surface area contributed by atoms with Crippen LogP contribution in [0.5, 0.6) is 0 Å². The number of hydrogen-bond acceptors (Lipinski definition) is 4. The zero-order chi connectivity index (χ0) is 16.8. The summed E-state index contributed by atoms with van der Waals surface area (Å²) in [6.07, 6.45) is 0. The molecule has 2 aromatic carbocycles. The van der Waals surface area contributed by atoms with Crippen molar-refractivity contribution in [2.75, 3.05) is 7.11 Å². The number of amides is 1. The van der Waals surface area contributed by atoms with Gasteiger partial charge in [0.1, 0.15) is 0 Å². The second kappa shape index (κ2) is 7.85. The summed E-state index contributed by atoms with van der Waals surface area (Å²) >= 11 is 3.10. The topological polar surface area (TPSA) is 81.5 Å². The number of nitro benzene ring substituents is 1. The van der Waals surface area contributed by atoms with Crippen LogP contribution in [0.4, 0.5) is 5.69 Å². The number of benzene rings is 2. The molecule has 2 aromatic rings. The van der Waals surface area contributed by atoms with Gasteiger partial charge in [0.05, 0.1) is 16.0 Å². The van der Waals surface area contributed by atoms with Crippen LogP contribution in [0, 0.1) is 10.1 Å². The minimum atomic E-state index is -0.533. The lowest BCUT2D eigenvalue weighted by Gasteiger charge is -2.10. The van der Waals surface area contributed by atoms with Crippen molar-refractivity contribution in [2.45, 2.75) is 13.2 Å². The van der Waals surface area contributed by atoms with Gasteiger partial charge in [0.25, 0.3) is 11.6 Å². The van der Waals surface area contributed by atoms with Crippen molar-refractivity contribution >= 4 is 27.5 Å². The van der Waals surface area contributed by atoms with Gasteiger partial charge in [-0.2, -0.15) is 0 Å². The Morgan fingerprint density at radius 3 is 2.61 bits per heavy atom. The minimum absolute atomic E-state index is 0.141. The van der Waals surface area contributed by atoms with Crippen molar-refractivity contribution in [1.29, 1.82) is 0 Å². The summed E-state index contributed by atoms with van der Waals surface area (Å²) in [6.45, 7) is 0.776. The molecule has 0 aliphatic rings. The van der Waals surface area contributed by atoms with Gasteiger partial charge in [-0.1, -0.05) is 24.3 Å². The Bertz CT molecular complexity index is 734. The number of hydrogen-bond donors (Lipinski definition) is 1. The van der Waals surface area contributed by atoms with E-state index in [9.17, 15) is 14.9 Å². The Kier molecular flexibility index (Phi) is 5.84. The molecule has 0 bridgehead atoms. The SMILES string of the molecule is COCc1ccccc1CNC(=O)c1ccc(Br)c([N+](=O)[O-])c1. The lowest BCUT2D eigenvalue weighted by molar-refractivity contribution is -0.385. The second-order valence-corrected chi connectivity index (χ2v) is 5.66. The molecule has 0 aliphatic carbocycles. The number of ether oxygens (including phenoxy) is 1. The van der Waals surface area contributed by atoms with E-state index in [1.165, 1.54) is 18.2 Å². The quantitative estimate of drug-likeness (QED) is 0.616. The molecule has 1 N–H and O–H groups in total. The zero-order valence-electron chi connectivity index (χ0n) is 12.4. The summed E-state index contributed by atoms with van der Waals surface area (Å²) in [7, 11) is 1.61. The lowest BCUT2D eigenvalue weighted by Crippen LogP contribution is -2.23. The fourth-order valence-corrected chi connectivity index (χ4v) is 2.49. The number of nitrogens with one attached hydrogen (secondary N) is 1. The van der Waals surface area contributed by atoms with Gasteiger partial charge in [-0.25, -0.2) is 0 Å². The van der Waals surface area contributed by atoms with Gasteiger partial charge in [0.2, 0.25) is 0 Å². The van der Waals surface area contributed by atoms with Crippen LogP contribution < -0.4 is 5.32 Å². The summed E-state index contributed by atoms with van der Waals surface area (Å²) in [5.41, 5.74) is 2.02. The predicted molar refractivity (Wildman–Crippen MR) is 89.1 cm³/mol. The van der Waals surface area contributed by atoms with E-state index >= 15 is 0 Å². The molecular formula is C16H15BrN2O4. The molecule has 0 heterocycles. The molecule has 0 atom stereocenters. The Balaban J connectivity index is 2.11. The van der Waals surface area contributed by atoms with Crippen molar-refractivity contribution in [3.8, 4) is 0 Å². The molecule has 7 heteroatoms. The van der Waals surface area contributed by atoms with Crippen LogP contribution in [0.15, 0.2) is 46.9 Å². The van der Waals surface area contributed by atoms with E-state index < -0.39 is 4.92 Å². The molecule has 0 aliphatic heterocycles. The first-order valence-electron chi connectivity index (χ1n) is 6.80. The van der Waals surface area contributed by atoms with Gasteiger partial charge in [0.15, 0.2) is 0 Å². The Morgan fingerprint density at radius 1 is 1.26 bits per heavy atom. The minimum Gasteiger partial charge on any atom is -0.380 e. The van der Waals surface area contributed by atoms with Crippen molar-refractivity contribution in [1.82, 2.24) is 5.32 Å². The van der Waals surface area contributed by atoms with Crippen LogP contribution in [0.3, 0.4) is 0 Å². The Labute approximate surface area is 141 Å². The molecule has 0 saturated heterocycles. The number of carbonyl (C=O) groups is 1. The number of nitrogens with zero attached hydrogens (tertiary/aromatic N) is 1. The van der Waals surface area contributed by atoms with Gasteiger partial charge >= 0.3 is 0 Å². The third-order valence-corrected chi connectivity index (χ3v) is 3.93. The predicted octanol–water partition coefficient (Wildman–Crippen LogP) is 3.43. The molecule has 1 amide bonds. The van der Waals surface area contributed by atoms with Crippen LogP contribution in [0.2, 0.25) is 0 Å². The van der Waals surface area contributed by atoms with Crippen molar-refractivity contribution in [3.63, 3.8) is 0 Å². The van der Waals surface area contributed by atoms with Gasteiger partial charge in [-0.05, 0) is 39.2 Å². The Hall–Kier alpha value is -2.25. The molecule has 2 rings (SSSR count). The average molecular weight is 379 g/mol. The summed E-state index contributed by atoms with van der Waals surface area (Å²) in [5, 5.41) is 13.7. The number of carbonyl (C=O) groups excluding carboxylic acids is 1. The maximum atomic E-state index is 12.2. The molecule has 0 radical (unpaired) electrons. The first-order valence-corrected chi connectivity index (χ1v) is 7.60. The molecule has 120 valence electrons.